The van der Waals surface area contributed by atoms with E-state index in [0.29, 0.717) is 29.0 Å². The van der Waals surface area contributed by atoms with Gasteiger partial charge in [0.25, 0.3) is 0 Å². The van der Waals surface area contributed by atoms with Gasteiger partial charge in [-0.15, -0.1) is 0 Å². The van der Waals surface area contributed by atoms with Gasteiger partial charge < -0.3 is 28.6 Å². The highest BCUT2D eigenvalue weighted by Crippen LogP contribution is 2.43. The minimum absolute atomic E-state index is 0.0465. The number of aromatic nitrogens is 2. The molecule has 0 spiro atoms. The topological polar surface area (TPSA) is 75.0 Å². The van der Waals surface area contributed by atoms with Crippen molar-refractivity contribution in [1.29, 1.82) is 0 Å². The van der Waals surface area contributed by atoms with Crippen LogP contribution in [-0.2, 0) is 9.47 Å². The second kappa shape index (κ2) is 7.31. The molecule has 1 aromatic carbocycles. The molecule has 2 aliphatic heterocycles. The Labute approximate surface area is 162 Å². The molecule has 2 aliphatic rings. The first-order chi connectivity index (χ1) is 13.0. The quantitative estimate of drug-likeness (QED) is 0.840. The van der Waals surface area contributed by atoms with Crippen molar-refractivity contribution >= 4 is 11.6 Å². The summed E-state index contributed by atoms with van der Waals surface area (Å²) >= 11 is 6.32. The maximum absolute atomic E-state index is 10.0. The Morgan fingerprint density at radius 3 is 2.78 bits per heavy atom. The van der Waals surface area contributed by atoms with Gasteiger partial charge in [0.05, 0.1) is 38.0 Å². The molecule has 0 aliphatic carbocycles. The number of benzene rings is 1. The highest BCUT2D eigenvalue weighted by atomic mass is 35.5. The first-order valence-electron chi connectivity index (χ1n) is 8.98. The van der Waals surface area contributed by atoms with E-state index in [2.05, 4.69) is 4.98 Å². The zero-order chi connectivity index (χ0) is 19.1. The fraction of sp³-hybridized carbons (Fsp3) is 0.526. The van der Waals surface area contributed by atoms with Crippen molar-refractivity contribution in [3.63, 3.8) is 0 Å². The lowest BCUT2D eigenvalue weighted by molar-refractivity contribution is 0.0172. The second-order valence-corrected chi connectivity index (χ2v) is 7.48. The molecule has 2 fully saturated rings. The molecule has 1 N–H and O–H groups in total. The Morgan fingerprint density at radius 2 is 2.04 bits per heavy atom. The first-order valence-corrected chi connectivity index (χ1v) is 9.36. The third kappa shape index (κ3) is 3.29. The average Bonchev–Trinajstić information content (AvgIpc) is 3.33. The van der Waals surface area contributed by atoms with Crippen molar-refractivity contribution in [3.8, 4) is 22.9 Å². The SMILES string of the molecule is COc1cc(Cl)cc(-c2nccn2[C@H]2CO[C@H]3[C@@H]2OC[C@H]3O)c1OC(C)C. The third-order valence-corrected chi connectivity index (χ3v) is 5.08. The maximum Gasteiger partial charge on any atom is 0.172 e. The Morgan fingerprint density at radius 1 is 1.26 bits per heavy atom. The fourth-order valence-electron chi connectivity index (χ4n) is 3.73. The number of rotatable bonds is 5. The molecule has 4 atom stereocenters. The van der Waals surface area contributed by atoms with Gasteiger partial charge in [0, 0.05) is 23.5 Å². The Hall–Kier alpha value is -1.80. The zero-order valence-corrected chi connectivity index (χ0v) is 16.2. The van der Waals surface area contributed by atoms with Crippen molar-refractivity contribution in [1.82, 2.24) is 9.55 Å². The number of nitrogens with zero attached hydrogens (tertiary/aromatic N) is 2. The van der Waals surface area contributed by atoms with Gasteiger partial charge in [-0.1, -0.05) is 11.6 Å². The van der Waals surface area contributed by atoms with Crippen LogP contribution in [0.3, 0.4) is 0 Å². The van der Waals surface area contributed by atoms with Crippen LogP contribution in [0.15, 0.2) is 24.5 Å². The normalized spacial score (nSPS) is 27.2. The zero-order valence-electron chi connectivity index (χ0n) is 15.5. The molecule has 8 heteroatoms. The predicted octanol–water partition coefficient (Wildman–Crippen LogP) is 2.70. The van der Waals surface area contributed by atoms with Crippen molar-refractivity contribution in [2.75, 3.05) is 20.3 Å². The Kier molecular flexibility index (Phi) is 5.03. The van der Waals surface area contributed by atoms with E-state index in [0.717, 1.165) is 5.56 Å². The van der Waals surface area contributed by atoms with Crippen LogP contribution in [0, 0.1) is 0 Å². The van der Waals surface area contributed by atoms with E-state index in [-0.39, 0.29) is 31.0 Å². The number of aliphatic hydroxyl groups excluding tert-OH is 1. The van der Waals surface area contributed by atoms with Crippen molar-refractivity contribution < 1.29 is 24.1 Å². The molecule has 0 unspecified atom stereocenters. The smallest absolute Gasteiger partial charge is 0.172 e. The lowest BCUT2D eigenvalue weighted by Crippen LogP contribution is -2.30. The van der Waals surface area contributed by atoms with E-state index in [1.807, 2.05) is 30.7 Å². The van der Waals surface area contributed by atoms with Crippen LogP contribution < -0.4 is 9.47 Å². The van der Waals surface area contributed by atoms with Gasteiger partial charge in [0.2, 0.25) is 0 Å². The standard InChI is InChI=1S/C19H23ClN2O5/c1-10(2)27-16-12(6-11(20)7-15(16)24-3)19-21-4-5-22(19)13-8-25-18-14(23)9-26-17(13)18/h4-7,10,13-14,17-18,23H,8-9H2,1-3H3/t13-,14+,17+,18+/m0/s1. The average molecular weight is 395 g/mol. The molecule has 7 nitrogen and oxygen atoms in total. The van der Waals surface area contributed by atoms with Crippen LogP contribution in [0.5, 0.6) is 11.5 Å². The summed E-state index contributed by atoms with van der Waals surface area (Å²) in [6, 6.07) is 3.45. The number of imidazole rings is 1. The third-order valence-electron chi connectivity index (χ3n) is 4.86. The summed E-state index contributed by atoms with van der Waals surface area (Å²) in [5.41, 5.74) is 0.736. The summed E-state index contributed by atoms with van der Waals surface area (Å²) in [4.78, 5) is 4.54. The van der Waals surface area contributed by atoms with E-state index < -0.39 is 6.10 Å². The minimum atomic E-state index is -0.599. The number of aliphatic hydroxyl groups is 1. The molecule has 0 amide bonds. The summed E-state index contributed by atoms with van der Waals surface area (Å²) < 4.78 is 25.1. The number of hydrogen-bond acceptors (Lipinski definition) is 6. The molecular weight excluding hydrogens is 372 g/mol. The monoisotopic (exact) mass is 394 g/mol. The van der Waals surface area contributed by atoms with Crippen LogP contribution in [-0.4, -0.2) is 59.4 Å². The van der Waals surface area contributed by atoms with Crippen molar-refractivity contribution in [2.45, 2.75) is 44.3 Å². The summed E-state index contributed by atoms with van der Waals surface area (Å²) in [7, 11) is 1.58. The van der Waals surface area contributed by atoms with Crippen LogP contribution in [0.4, 0.5) is 0 Å². The molecule has 2 aromatic rings. The second-order valence-electron chi connectivity index (χ2n) is 7.04. The van der Waals surface area contributed by atoms with Crippen molar-refractivity contribution in [2.24, 2.45) is 0 Å². The molecular formula is C19H23ClN2O5. The summed E-state index contributed by atoms with van der Waals surface area (Å²) in [6.07, 6.45) is 2.43. The molecule has 1 aromatic heterocycles. The molecule has 2 saturated heterocycles. The number of methoxy groups -OCH3 is 1. The molecule has 0 bridgehead atoms. The highest BCUT2D eigenvalue weighted by molar-refractivity contribution is 6.31. The summed E-state index contributed by atoms with van der Waals surface area (Å²) in [5, 5.41) is 10.5. The van der Waals surface area contributed by atoms with E-state index in [1.54, 1.807) is 19.4 Å². The largest absolute Gasteiger partial charge is 0.493 e. The van der Waals surface area contributed by atoms with Crippen LogP contribution >= 0.6 is 11.6 Å². The van der Waals surface area contributed by atoms with Gasteiger partial charge in [0.1, 0.15) is 24.1 Å². The van der Waals surface area contributed by atoms with Gasteiger partial charge in [-0.05, 0) is 19.9 Å². The van der Waals surface area contributed by atoms with Crippen LogP contribution in [0.1, 0.15) is 19.9 Å². The summed E-state index contributed by atoms with van der Waals surface area (Å²) in [5.74, 6) is 1.83. The lowest BCUT2D eigenvalue weighted by atomic mass is 10.1. The summed E-state index contributed by atoms with van der Waals surface area (Å²) in [6.45, 7) is 4.62. The number of hydrogen-bond donors (Lipinski definition) is 1. The lowest BCUT2D eigenvalue weighted by Gasteiger charge is -2.22. The predicted molar refractivity (Wildman–Crippen MR) is 99.5 cm³/mol. The Balaban J connectivity index is 1.78. The first kappa shape index (κ1) is 18.6. The van der Waals surface area contributed by atoms with Crippen molar-refractivity contribution in [3.05, 3.63) is 29.5 Å². The maximum atomic E-state index is 10.0. The van der Waals surface area contributed by atoms with Gasteiger partial charge in [-0.3, -0.25) is 0 Å². The van der Waals surface area contributed by atoms with Crippen LogP contribution in [0.25, 0.3) is 11.4 Å². The van der Waals surface area contributed by atoms with E-state index >= 15 is 0 Å². The van der Waals surface area contributed by atoms with Gasteiger partial charge in [-0.25, -0.2) is 4.98 Å². The van der Waals surface area contributed by atoms with E-state index in [9.17, 15) is 5.11 Å². The Bertz CT molecular complexity index is 824. The highest BCUT2D eigenvalue weighted by Gasteiger charge is 2.48. The van der Waals surface area contributed by atoms with E-state index in [4.69, 9.17) is 30.5 Å². The molecule has 146 valence electrons. The molecule has 3 heterocycles. The molecule has 27 heavy (non-hydrogen) atoms. The minimum Gasteiger partial charge on any atom is -0.493 e. The van der Waals surface area contributed by atoms with E-state index in [1.165, 1.54) is 0 Å². The molecule has 4 rings (SSSR count). The number of halogens is 1. The molecule has 0 saturated carbocycles. The van der Waals surface area contributed by atoms with Gasteiger partial charge in [-0.2, -0.15) is 0 Å². The number of ether oxygens (including phenoxy) is 4. The fourth-order valence-corrected chi connectivity index (χ4v) is 3.94. The number of fused-ring (bicyclic) bond motifs is 1. The van der Waals surface area contributed by atoms with Crippen LogP contribution in [0.2, 0.25) is 5.02 Å². The van der Waals surface area contributed by atoms with Gasteiger partial charge in [0.15, 0.2) is 11.5 Å². The van der Waals surface area contributed by atoms with Gasteiger partial charge >= 0.3 is 0 Å². The molecule has 0 radical (unpaired) electrons.